The SMILES string of the molecule is NC(=O)Nc1ccccc1.c1cncnc1. The molecule has 0 unspecified atom stereocenters. The molecular weight excluding hydrogens is 204 g/mol. The van der Waals surface area contributed by atoms with Gasteiger partial charge >= 0.3 is 6.03 Å². The first-order valence-corrected chi connectivity index (χ1v) is 4.60. The van der Waals surface area contributed by atoms with Crippen LogP contribution in [0.3, 0.4) is 0 Å². The van der Waals surface area contributed by atoms with Crippen molar-refractivity contribution in [3.63, 3.8) is 0 Å². The summed E-state index contributed by atoms with van der Waals surface area (Å²) in [6.07, 6.45) is 4.88. The van der Waals surface area contributed by atoms with Crippen molar-refractivity contribution in [2.45, 2.75) is 0 Å². The van der Waals surface area contributed by atoms with Gasteiger partial charge in [0.2, 0.25) is 0 Å². The van der Waals surface area contributed by atoms with E-state index in [1.807, 2.05) is 18.2 Å². The third-order valence-electron chi connectivity index (χ3n) is 1.52. The summed E-state index contributed by atoms with van der Waals surface area (Å²) in [6.45, 7) is 0. The number of urea groups is 1. The lowest BCUT2D eigenvalue weighted by Crippen LogP contribution is -2.18. The van der Waals surface area contributed by atoms with E-state index >= 15 is 0 Å². The molecule has 0 radical (unpaired) electrons. The van der Waals surface area contributed by atoms with Crippen LogP contribution in [0.4, 0.5) is 10.5 Å². The van der Waals surface area contributed by atoms with Gasteiger partial charge < -0.3 is 11.1 Å². The first-order chi connectivity index (χ1) is 7.79. The fourth-order valence-electron chi connectivity index (χ4n) is 0.917. The zero-order chi connectivity index (χ0) is 11.6. The maximum absolute atomic E-state index is 10.3. The molecule has 1 aromatic carbocycles. The third kappa shape index (κ3) is 5.33. The van der Waals surface area contributed by atoms with Crippen LogP contribution in [0.5, 0.6) is 0 Å². The van der Waals surface area contributed by atoms with E-state index in [0.717, 1.165) is 5.69 Å². The van der Waals surface area contributed by atoms with Crippen molar-refractivity contribution in [1.82, 2.24) is 9.97 Å². The van der Waals surface area contributed by atoms with Gasteiger partial charge in [-0.25, -0.2) is 14.8 Å². The fraction of sp³-hybridized carbons (Fsp3) is 0. The van der Waals surface area contributed by atoms with Crippen LogP contribution in [0.2, 0.25) is 0 Å². The molecule has 0 aliphatic rings. The fourth-order valence-corrected chi connectivity index (χ4v) is 0.917. The van der Waals surface area contributed by atoms with Crippen LogP contribution in [-0.2, 0) is 0 Å². The number of nitrogens with one attached hydrogen (secondary N) is 1. The summed E-state index contributed by atoms with van der Waals surface area (Å²) in [5.41, 5.74) is 5.59. The average Bonchev–Trinajstić information content (AvgIpc) is 2.32. The normalized spacial score (nSPS) is 8.50. The van der Waals surface area contributed by atoms with Crippen molar-refractivity contribution < 1.29 is 4.79 Å². The maximum atomic E-state index is 10.3. The molecule has 0 saturated heterocycles. The number of primary amides is 1. The lowest BCUT2D eigenvalue weighted by atomic mass is 10.3. The summed E-state index contributed by atoms with van der Waals surface area (Å²) in [5, 5.41) is 2.44. The van der Waals surface area contributed by atoms with E-state index in [2.05, 4.69) is 15.3 Å². The zero-order valence-electron chi connectivity index (χ0n) is 8.58. The highest BCUT2D eigenvalue weighted by atomic mass is 16.2. The summed E-state index contributed by atoms with van der Waals surface area (Å²) in [7, 11) is 0. The van der Waals surface area contributed by atoms with Crippen molar-refractivity contribution in [3.8, 4) is 0 Å². The molecule has 2 aromatic rings. The van der Waals surface area contributed by atoms with Gasteiger partial charge in [0.15, 0.2) is 0 Å². The number of rotatable bonds is 1. The second kappa shape index (κ2) is 6.94. The molecule has 16 heavy (non-hydrogen) atoms. The Morgan fingerprint density at radius 2 is 1.69 bits per heavy atom. The largest absolute Gasteiger partial charge is 0.351 e. The number of nitrogens with zero attached hydrogens (tertiary/aromatic N) is 2. The number of anilines is 1. The highest BCUT2D eigenvalue weighted by Gasteiger charge is 1.90. The number of amides is 2. The molecule has 0 atom stereocenters. The van der Waals surface area contributed by atoms with E-state index in [9.17, 15) is 4.79 Å². The van der Waals surface area contributed by atoms with E-state index in [4.69, 9.17) is 5.73 Å². The van der Waals surface area contributed by atoms with E-state index in [-0.39, 0.29) is 0 Å². The topological polar surface area (TPSA) is 80.9 Å². The van der Waals surface area contributed by atoms with Crippen LogP contribution in [0.15, 0.2) is 55.1 Å². The summed E-state index contributed by atoms with van der Waals surface area (Å²) < 4.78 is 0. The third-order valence-corrected chi connectivity index (χ3v) is 1.52. The standard InChI is InChI=1S/C7H8N2O.C4H4N2/c8-7(10)9-6-4-2-1-3-5-6;1-2-5-4-6-3-1/h1-5H,(H3,8,9,10);1-4H. The molecule has 0 saturated carbocycles. The lowest BCUT2D eigenvalue weighted by molar-refractivity contribution is 0.259. The predicted octanol–water partition coefficient (Wildman–Crippen LogP) is 1.65. The van der Waals surface area contributed by atoms with E-state index in [0.29, 0.717) is 0 Å². The predicted molar refractivity (Wildman–Crippen MR) is 61.7 cm³/mol. The van der Waals surface area contributed by atoms with Crippen LogP contribution in [0.1, 0.15) is 0 Å². The van der Waals surface area contributed by atoms with Crippen LogP contribution >= 0.6 is 0 Å². The van der Waals surface area contributed by atoms with Gasteiger partial charge in [0.05, 0.1) is 0 Å². The van der Waals surface area contributed by atoms with Crippen molar-refractivity contribution >= 4 is 11.7 Å². The summed E-state index contributed by atoms with van der Waals surface area (Å²) in [4.78, 5) is 17.6. The highest BCUT2D eigenvalue weighted by Crippen LogP contribution is 2.03. The van der Waals surface area contributed by atoms with Gasteiger partial charge in [0, 0.05) is 18.1 Å². The van der Waals surface area contributed by atoms with Gasteiger partial charge in [0.1, 0.15) is 6.33 Å². The number of aromatic nitrogens is 2. The van der Waals surface area contributed by atoms with Crippen molar-refractivity contribution in [1.29, 1.82) is 0 Å². The quantitative estimate of drug-likeness (QED) is 0.760. The molecule has 3 N–H and O–H groups in total. The molecule has 0 spiro atoms. The van der Waals surface area contributed by atoms with Gasteiger partial charge in [-0.2, -0.15) is 0 Å². The minimum atomic E-state index is -0.536. The Bertz CT molecular complexity index is 378. The summed E-state index contributed by atoms with van der Waals surface area (Å²) in [6, 6.07) is 10.3. The van der Waals surface area contributed by atoms with Crippen LogP contribution < -0.4 is 11.1 Å². The van der Waals surface area contributed by atoms with Gasteiger partial charge in [-0.1, -0.05) is 18.2 Å². The molecule has 2 amide bonds. The zero-order valence-corrected chi connectivity index (χ0v) is 8.58. The molecular formula is C11H12N4O. The molecule has 0 aliphatic heterocycles. The smallest absolute Gasteiger partial charge is 0.316 e. The summed E-state index contributed by atoms with van der Waals surface area (Å²) in [5.74, 6) is 0. The van der Waals surface area contributed by atoms with Crippen molar-refractivity contribution in [2.75, 3.05) is 5.32 Å². The van der Waals surface area contributed by atoms with Crippen LogP contribution in [-0.4, -0.2) is 16.0 Å². The van der Waals surface area contributed by atoms with Gasteiger partial charge in [-0.05, 0) is 18.2 Å². The number of carbonyl (C=O) groups is 1. The first-order valence-electron chi connectivity index (χ1n) is 4.60. The molecule has 82 valence electrons. The Labute approximate surface area is 93.3 Å². The number of para-hydroxylation sites is 1. The Hall–Kier alpha value is -2.43. The Morgan fingerprint density at radius 1 is 1.06 bits per heavy atom. The van der Waals surface area contributed by atoms with Gasteiger partial charge in [-0.15, -0.1) is 0 Å². The Balaban J connectivity index is 0.000000181. The highest BCUT2D eigenvalue weighted by molar-refractivity contribution is 5.87. The maximum Gasteiger partial charge on any atom is 0.316 e. The van der Waals surface area contributed by atoms with E-state index < -0.39 is 6.03 Å². The second-order valence-electron chi connectivity index (χ2n) is 2.76. The van der Waals surface area contributed by atoms with Gasteiger partial charge in [0.25, 0.3) is 0 Å². The van der Waals surface area contributed by atoms with E-state index in [1.165, 1.54) is 6.33 Å². The Morgan fingerprint density at radius 3 is 2.06 bits per heavy atom. The second-order valence-corrected chi connectivity index (χ2v) is 2.76. The minimum absolute atomic E-state index is 0.536. The molecule has 2 rings (SSSR count). The average molecular weight is 216 g/mol. The Kier molecular flexibility index (Phi) is 5.05. The number of benzene rings is 1. The van der Waals surface area contributed by atoms with Crippen LogP contribution in [0, 0.1) is 0 Å². The summed E-state index contributed by atoms with van der Waals surface area (Å²) >= 11 is 0. The van der Waals surface area contributed by atoms with E-state index in [1.54, 1.807) is 30.6 Å². The lowest BCUT2D eigenvalue weighted by Gasteiger charge is -1.97. The van der Waals surface area contributed by atoms with Crippen LogP contribution in [0.25, 0.3) is 0 Å². The number of hydrogen-bond donors (Lipinski definition) is 2. The van der Waals surface area contributed by atoms with Crippen molar-refractivity contribution in [2.24, 2.45) is 5.73 Å². The van der Waals surface area contributed by atoms with Crippen molar-refractivity contribution in [3.05, 3.63) is 55.1 Å². The number of carbonyl (C=O) groups excluding carboxylic acids is 1. The molecule has 0 aliphatic carbocycles. The molecule has 0 fully saturated rings. The monoisotopic (exact) mass is 216 g/mol. The number of hydrogen-bond acceptors (Lipinski definition) is 3. The molecule has 5 heteroatoms. The number of nitrogens with two attached hydrogens (primary N) is 1. The molecule has 0 bridgehead atoms. The minimum Gasteiger partial charge on any atom is -0.351 e. The first kappa shape index (κ1) is 11.6. The molecule has 5 nitrogen and oxygen atoms in total. The van der Waals surface area contributed by atoms with Gasteiger partial charge in [-0.3, -0.25) is 0 Å². The molecule has 1 aromatic heterocycles. The molecule has 1 heterocycles.